The lowest BCUT2D eigenvalue weighted by Gasteiger charge is -2.18. The minimum atomic E-state index is 0.0639. The first-order valence-electron chi connectivity index (χ1n) is 5.11. The van der Waals surface area contributed by atoms with Gasteiger partial charge in [-0.1, -0.05) is 5.16 Å². The Morgan fingerprint density at radius 1 is 1.69 bits per heavy atom. The first-order chi connectivity index (χ1) is 7.54. The van der Waals surface area contributed by atoms with E-state index >= 15 is 0 Å². The van der Waals surface area contributed by atoms with Crippen LogP contribution in [0.1, 0.15) is 32.1 Å². The fourth-order valence-corrected chi connectivity index (χ4v) is 1.60. The summed E-state index contributed by atoms with van der Waals surface area (Å²) < 4.78 is 1.86. The van der Waals surface area contributed by atoms with Crippen LogP contribution in [0.5, 0.6) is 0 Å². The number of nitrogens with two attached hydrogens (primary N) is 1. The maximum atomic E-state index is 8.45. The van der Waals surface area contributed by atoms with Crippen LogP contribution in [0.15, 0.2) is 11.5 Å². The molecule has 16 heavy (non-hydrogen) atoms. The van der Waals surface area contributed by atoms with Gasteiger partial charge in [-0.05, 0) is 13.8 Å². The quantitative estimate of drug-likeness (QED) is 0.284. The molecule has 1 rings (SSSR count). The van der Waals surface area contributed by atoms with E-state index in [0.29, 0.717) is 6.42 Å². The highest BCUT2D eigenvalue weighted by atomic mass is 16.4. The molecular weight excluding hydrogens is 208 g/mol. The molecule has 0 radical (unpaired) electrons. The molecule has 7 nitrogen and oxygen atoms in total. The average molecular weight is 226 g/mol. The Balaban J connectivity index is 2.52. The fourth-order valence-electron chi connectivity index (χ4n) is 1.60. The van der Waals surface area contributed by atoms with E-state index in [1.807, 2.05) is 25.5 Å². The summed E-state index contributed by atoms with van der Waals surface area (Å²) in [6, 6.07) is 0.164. The summed E-state index contributed by atoms with van der Waals surface area (Å²) in [5.74, 6) is 1.07. The maximum absolute atomic E-state index is 8.45. The third kappa shape index (κ3) is 3.20. The Bertz CT molecular complexity index is 361. The molecule has 0 saturated carbocycles. The van der Waals surface area contributed by atoms with E-state index in [9.17, 15) is 0 Å². The van der Waals surface area contributed by atoms with Gasteiger partial charge in [0.05, 0.1) is 6.04 Å². The van der Waals surface area contributed by atoms with Crippen LogP contribution in [0.25, 0.3) is 0 Å². The first kappa shape index (κ1) is 12.4. The van der Waals surface area contributed by atoms with Gasteiger partial charge >= 0.3 is 0 Å². The standard InChI is InChI=1S/C9H18N6O/c1-6(4-8(10)14-16)12-7(2)9-13-11-5-15(9)3/h5-7,12,16H,4H2,1-3H3,(H2,10,14). The number of hydrogen-bond donors (Lipinski definition) is 3. The summed E-state index contributed by atoms with van der Waals surface area (Å²) in [5.41, 5.74) is 5.43. The minimum Gasteiger partial charge on any atom is -0.409 e. The Kier molecular flexibility index (Phi) is 4.24. The van der Waals surface area contributed by atoms with E-state index in [0.717, 1.165) is 5.82 Å². The minimum absolute atomic E-state index is 0.0639. The van der Waals surface area contributed by atoms with Gasteiger partial charge in [0.15, 0.2) is 0 Å². The second-order valence-corrected chi connectivity index (χ2v) is 3.88. The van der Waals surface area contributed by atoms with Crippen LogP contribution in [0, 0.1) is 0 Å². The van der Waals surface area contributed by atoms with E-state index in [4.69, 9.17) is 10.9 Å². The van der Waals surface area contributed by atoms with E-state index in [2.05, 4.69) is 20.7 Å². The predicted octanol–water partition coefficient (Wildman–Crippen LogP) is -0.00930. The third-order valence-electron chi connectivity index (χ3n) is 2.31. The van der Waals surface area contributed by atoms with Gasteiger partial charge in [0, 0.05) is 19.5 Å². The van der Waals surface area contributed by atoms with Crippen molar-refractivity contribution >= 4 is 5.84 Å². The molecule has 0 aliphatic heterocycles. The van der Waals surface area contributed by atoms with Crippen LogP contribution in [0.3, 0.4) is 0 Å². The van der Waals surface area contributed by atoms with Crippen LogP contribution in [0.4, 0.5) is 0 Å². The maximum Gasteiger partial charge on any atom is 0.149 e. The highest BCUT2D eigenvalue weighted by Gasteiger charge is 2.14. The molecule has 0 saturated heterocycles. The second-order valence-electron chi connectivity index (χ2n) is 3.88. The van der Waals surface area contributed by atoms with Crippen LogP contribution in [0.2, 0.25) is 0 Å². The molecule has 0 aromatic carbocycles. The van der Waals surface area contributed by atoms with Crippen molar-refractivity contribution < 1.29 is 5.21 Å². The van der Waals surface area contributed by atoms with Crippen molar-refractivity contribution in [1.82, 2.24) is 20.1 Å². The molecule has 0 aliphatic carbocycles. The SMILES string of the molecule is CC(CC(N)=NO)NC(C)c1nncn1C. The summed E-state index contributed by atoms with van der Waals surface area (Å²) in [6.45, 7) is 3.96. The number of nitrogens with one attached hydrogen (secondary N) is 1. The van der Waals surface area contributed by atoms with Crippen molar-refractivity contribution in [3.05, 3.63) is 12.2 Å². The fraction of sp³-hybridized carbons (Fsp3) is 0.667. The van der Waals surface area contributed by atoms with E-state index in [1.165, 1.54) is 0 Å². The van der Waals surface area contributed by atoms with Crippen molar-refractivity contribution in [3.63, 3.8) is 0 Å². The number of rotatable bonds is 5. The van der Waals surface area contributed by atoms with Gasteiger partial charge in [-0.3, -0.25) is 0 Å². The lowest BCUT2D eigenvalue weighted by Crippen LogP contribution is -2.34. The van der Waals surface area contributed by atoms with Gasteiger partial charge in [0.1, 0.15) is 18.0 Å². The molecule has 1 aromatic heterocycles. The smallest absolute Gasteiger partial charge is 0.149 e. The Morgan fingerprint density at radius 3 is 2.88 bits per heavy atom. The van der Waals surface area contributed by atoms with Crippen LogP contribution in [-0.4, -0.2) is 31.8 Å². The molecule has 0 spiro atoms. The number of nitrogens with zero attached hydrogens (tertiary/aromatic N) is 4. The zero-order valence-electron chi connectivity index (χ0n) is 9.75. The highest BCUT2D eigenvalue weighted by molar-refractivity contribution is 5.80. The van der Waals surface area contributed by atoms with Crippen molar-refractivity contribution in [2.24, 2.45) is 17.9 Å². The lowest BCUT2D eigenvalue weighted by atomic mass is 10.2. The molecule has 0 bridgehead atoms. The largest absolute Gasteiger partial charge is 0.409 e. The van der Waals surface area contributed by atoms with Crippen molar-refractivity contribution in [2.45, 2.75) is 32.4 Å². The van der Waals surface area contributed by atoms with Crippen molar-refractivity contribution in [3.8, 4) is 0 Å². The molecule has 90 valence electrons. The van der Waals surface area contributed by atoms with E-state index in [-0.39, 0.29) is 17.9 Å². The molecular formula is C9H18N6O. The topological polar surface area (TPSA) is 101 Å². The summed E-state index contributed by atoms with van der Waals surface area (Å²) in [7, 11) is 1.89. The Labute approximate surface area is 94.3 Å². The molecule has 7 heteroatoms. The number of aryl methyl sites for hydroxylation is 1. The number of hydrogen-bond acceptors (Lipinski definition) is 5. The highest BCUT2D eigenvalue weighted by Crippen LogP contribution is 2.09. The monoisotopic (exact) mass is 226 g/mol. The second kappa shape index (κ2) is 5.45. The summed E-state index contributed by atoms with van der Waals surface area (Å²) in [5, 5.41) is 22.5. The molecule has 4 N–H and O–H groups in total. The zero-order chi connectivity index (χ0) is 12.1. The molecule has 1 aromatic rings. The lowest BCUT2D eigenvalue weighted by molar-refractivity contribution is 0.315. The molecule has 0 fully saturated rings. The van der Waals surface area contributed by atoms with Crippen molar-refractivity contribution in [2.75, 3.05) is 0 Å². The summed E-state index contributed by atoms with van der Waals surface area (Å²) in [6.07, 6.45) is 2.14. The first-order valence-corrected chi connectivity index (χ1v) is 5.11. The van der Waals surface area contributed by atoms with Gasteiger partial charge in [-0.25, -0.2) is 0 Å². The molecule has 1 heterocycles. The molecule has 2 atom stereocenters. The average Bonchev–Trinajstić information content (AvgIpc) is 2.63. The molecule has 2 unspecified atom stereocenters. The Hall–Kier alpha value is -1.63. The zero-order valence-corrected chi connectivity index (χ0v) is 9.75. The van der Waals surface area contributed by atoms with E-state index < -0.39 is 0 Å². The van der Waals surface area contributed by atoms with Crippen molar-refractivity contribution in [1.29, 1.82) is 0 Å². The van der Waals surface area contributed by atoms with Crippen LogP contribution < -0.4 is 11.1 Å². The van der Waals surface area contributed by atoms with Gasteiger partial charge in [-0.2, -0.15) is 0 Å². The number of amidine groups is 1. The van der Waals surface area contributed by atoms with Crippen LogP contribution >= 0.6 is 0 Å². The molecule has 0 amide bonds. The summed E-state index contributed by atoms with van der Waals surface area (Å²) >= 11 is 0. The van der Waals surface area contributed by atoms with Gasteiger partial charge < -0.3 is 20.8 Å². The number of aromatic nitrogens is 3. The van der Waals surface area contributed by atoms with Gasteiger partial charge in [-0.15, -0.1) is 10.2 Å². The molecule has 0 aliphatic rings. The summed E-state index contributed by atoms with van der Waals surface area (Å²) in [4.78, 5) is 0. The van der Waals surface area contributed by atoms with Gasteiger partial charge in [0.25, 0.3) is 0 Å². The van der Waals surface area contributed by atoms with Gasteiger partial charge in [0.2, 0.25) is 0 Å². The number of oxime groups is 1. The normalized spacial score (nSPS) is 16.1. The van der Waals surface area contributed by atoms with Crippen LogP contribution in [-0.2, 0) is 7.05 Å². The third-order valence-corrected chi connectivity index (χ3v) is 2.31. The predicted molar refractivity (Wildman–Crippen MR) is 60.0 cm³/mol. The van der Waals surface area contributed by atoms with E-state index in [1.54, 1.807) is 6.33 Å². The Morgan fingerprint density at radius 2 is 2.38 bits per heavy atom.